The number of Topliss-reactive ketones (excluding diaryl/α,β-unsaturated/α-hetero) is 1. The van der Waals surface area contributed by atoms with Crippen molar-refractivity contribution in [2.45, 2.75) is 45.2 Å². The van der Waals surface area contributed by atoms with E-state index in [0.29, 0.717) is 22.7 Å². The van der Waals surface area contributed by atoms with Gasteiger partial charge in [0.15, 0.2) is 5.78 Å². The molecule has 0 bridgehead atoms. The van der Waals surface area contributed by atoms with Crippen LogP contribution in [0.3, 0.4) is 0 Å². The maximum atomic E-state index is 13.2. The molecule has 1 aliphatic carbocycles. The summed E-state index contributed by atoms with van der Waals surface area (Å²) in [6.07, 6.45) is 4.26. The molecule has 6 heteroatoms. The summed E-state index contributed by atoms with van der Waals surface area (Å²) in [5.41, 5.74) is 3.11. The lowest BCUT2D eigenvalue weighted by Gasteiger charge is -2.38. The lowest BCUT2D eigenvalue weighted by Crippen LogP contribution is -2.49. The number of ketones is 1. The summed E-state index contributed by atoms with van der Waals surface area (Å²) in [5, 5.41) is 12.1. The van der Waals surface area contributed by atoms with Crippen LogP contribution in [0.25, 0.3) is 0 Å². The molecule has 1 N–H and O–H groups in total. The fourth-order valence-electron chi connectivity index (χ4n) is 4.37. The van der Waals surface area contributed by atoms with Gasteiger partial charge in [0.2, 0.25) is 0 Å². The number of urea groups is 1. The summed E-state index contributed by atoms with van der Waals surface area (Å²) < 4.78 is 0. The lowest BCUT2D eigenvalue weighted by atomic mass is 10.0. The number of anilines is 1. The average Bonchev–Trinajstić information content (AvgIpc) is 3.63. The molecule has 1 saturated heterocycles. The molecule has 2 aliphatic rings. The van der Waals surface area contributed by atoms with Gasteiger partial charge in [-0.25, -0.2) is 4.79 Å². The number of nitriles is 1. The number of nitrogens with zero attached hydrogens (tertiary/aromatic N) is 3. The Kier molecular flexibility index (Phi) is 6.87. The van der Waals surface area contributed by atoms with E-state index in [9.17, 15) is 9.59 Å². The predicted molar refractivity (Wildman–Crippen MR) is 124 cm³/mol. The number of benzene rings is 2. The van der Waals surface area contributed by atoms with Crippen LogP contribution in [0.5, 0.6) is 0 Å². The van der Waals surface area contributed by atoms with Crippen molar-refractivity contribution in [3.8, 4) is 6.07 Å². The molecule has 1 heterocycles. The van der Waals surface area contributed by atoms with Gasteiger partial charge in [-0.05, 0) is 68.4 Å². The number of hydrogen-bond donors (Lipinski definition) is 1. The van der Waals surface area contributed by atoms with Gasteiger partial charge in [0.1, 0.15) is 0 Å². The number of piperidine rings is 1. The standard InChI is InChI=1S/C26H30N4O2/c1-19(31)23-6-3-7-24(15-23)28-26(32)30(18-20-8-9-20)25-10-12-29(13-11-25)17-22-5-2-4-21(14-22)16-27/h2-7,14-15,20,25H,8-13,17-18H2,1H3,(H,28,32). The third kappa shape index (κ3) is 5.74. The first kappa shape index (κ1) is 22.0. The Bertz CT molecular complexity index is 1020. The fraction of sp³-hybridized carbons (Fsp3) is 0.423. The number of carbonyl (C=O) groups excluding carboxylic acids is 2. The van der Waals surface area contributed by atoms with Gasteiger partial charge in [0.05, 0.1) is 11.6 Å². The van der Waals surface area contributed by atoms with E-state index in [-0.39, 0.29) is 17.9 Å². The second-order valence-electron chi connectivity index (χ2n) is 8.98. The summed E-state index contributed by atoms with van der Waals surface area (Å²) >= 11 is 0. The molecule has 0 radical (unpaired) electrons. The zero-order valence-electron chi connectivity index (χ0n) is 18.6. The van der Waals surface area contributed by atoms with E-state index in [1.165, 1.54) is 19.8 Å². The SMILES string of the molecule is CC(=O)c1cccc(NC(=O)N(CC2CC2)C2CCN(Cc3cccc(C#N)c3)CC2)c1. The monoisotopic (exact) mass is 430 g/mol. The molecule has 1 aliphatic heterocycles. The molecule has 0 aromatic heterocycles. The Balaban J connectivity index is 1.37. The van der Waals surface area contributed by atoms with Crippen molar-refractivity contribution < 1.29 is 9.59 Å². The first-order valence-corrected chi connectivity index (χ1v) is 11.4. The molecule has 1 saturated carbocycles. The number of carbonyl (C=O) groups is 2. The highest BCUT2D eigenvalue weighted by molar-refractivity contribution is 5.96. The molecule has 32 heavy (non-hydrogen) atoms. The average molecular weight is 431 g/mol. The Morgan fingerprint density at radius 3 is 2.53 bits per heavy atom. The fourth-order valence-corrected chi connectivity index (χ4v) is 4.37. The maximum absolute atomic E-state index is 13.2. The van der Waals surface area contributed by atoms with E-state index in [4.69, 9.17) is 5.26 Å². The minimum atomic E-state index is -0.0715. The van der Waals surface area contributed by atoms with Gasteiger partial charge < -0.3 is 10.2 Å². The summed E-state index contributed by atoms with van der Waals surface area (Å²) in [6.45, 7) is 5.01. The van der Waals surface area contributed by atoms with Crippen LogP contribution in [-0.4, -0.2) is 47.3 Å². The minimum absolute atomic E-state index is 0.0105. The first-order chi connectivity index (χ1) is 15.5. The van der Waals surface area contributed by atoms with E-state index in [1.54, 1.807) is 18.2 Å². The Morgan fingerprint density at radius 2 is 1.84 bits per heavy atom. The van der Waals surface area contributed by atoms with Gasteiger partial charge in [-0.15, -0.1) is 0 Å². The highest BCUT2D eigenvalue weighted by atomic mass is 16.2. The Hall–Kier alpha value is -3.17. The quantitative estimate of drug-likeness (QED) is 0.648. The van der Waals surface area contributed by atoms with Crippen molar-refractivity contribution in [2.24, 2.45) is 5.92 Å². The van der Waals surface area contributed by atoms with Crippen LogP contribution in [-0.2, 0) is 6.54 Å². The molecular weight excluding hydrogens is 400 g/mol. The zero-order chi connectivity index (χ0) is 22.5. The second kappa shape index (κ2) is 9.97. The normalized spacial score (nSPS) is 16.9. The molecule has 2 fully saturated rings. The van der Waals surface area contributed by atoms with Crippen molar-refractivity contribution in [2.75, 3.05) is 25.0 Å². The van der Waals surface area contributed by atoms with Gasteiger partial charge in [-0.1, -0.05) is 24.3 Å². The highest BCUT2D eigenvalue weighted by Gasteiger charge is 2.33. The van der Waals surface area contributed by atoms with Crippen LogP contribution in [0, 0.1) is 17.2 Å². The molecule has 0 unspecified atom stereocenters. The Labute approximate surface area is 189 Å². The van der Waals surface area contributed by atoms with E-state index in [1.807, 2.05) is 29.2 Å². The molecule has 6 nitrogen and oxygen atoms in total. The molecule has 2 aromatic rings. The number of hydrogen-bond acceptors (Lipinski definition) is 4. The van der Waals surface area contributed by atoms with Gasteiger partial charge in [0.25, 0.3) is 0 Å². The molecule has 0 atom stereocenters. The summed E-state index contributed by atoms with van der Waals surface area (Å²) in [7, 11) is 0. The van der Waals surface area contributed by atoms with Crippen molar-refractivity contribution >= 4 is 17.5 Å². The van der Waals surface area contributed by atoms with E-state index in [2.05, 4.69) is 22.4 Å². The number of nitrogens with one attached hydrogen (secondary N) is 1. The van der Waals surface area contributed by atoms with Crippen molar-refractivity contribution in [1.82, 2.24) is 9.80 Å². The van der Waals surface area contributed by atoms with E-state index >= 15 is 0 Å². The lowest BCUT2D eigenvalue weighted by molar-refractivity contribution is 0.101. The first-order valence-electron chi connectivity index (χ1n) is 11.4. The van der Waals surface area contributed by atoms with Gasteiger partial charge >= 0.3 is 6.03 Å². The number of amides is 2. The van der Waals surface area contributed by atoms with Crippen LogP contribution in [0.15, 0.2) is 48.5 Å². The Morgan fingerprint density at radius 1 is 1.09 bits per heavy atom. The third-order valence-electron chi connectivity index (χ3n) is 6.39. The molecule has 166 valence electrons. The van der Waals surface area contributed by atoms with Crippen LogP contribution in [0.4, 0.5) is 10.5 Å². The van der Waals surface area contributed by atoms with Crippen LogP contribution < -0.4 is 5.32 Å². The van der Waals surface area contributed by atoms with Crippen molar-refractivity contribution in [1.29, 1.82) is 5.26 Å². The summed E-state index contributed by atoms with van der Waals surface area (Å²) in [6, 6.07) is 17.3. The minimum Gasteiger partial charge on any atom is -0.321 e. The van der Waals surface area contributed by atoms with Gasteiger partial charge in [-0.3, -0.25) is 9.69 Å². The van der Waals surface area contributed by atoms with Gasteiger partial charge in [0, 0.05) is 43.5 Å². The van der Waals surface area contributed by atoms with Crippen molar-refractivity contribution in [3.63, 3.8) is 0 Å². The van der Waals surface area contributed by atoms with Crippen LogP contribution >= 0.6 is 0 Å². The predicted octanol–water partition coefficient (Wildman–Crippen LogP) is 4.67. The molecule has 0 spiro atoms. The number of rotatable bonds is 7. The molecule has 2 aromatic carbocycles. The van der Waals surface area contributed by atoms with Gasteiger partial charge in [-0.2, -0.15) is 5.26 Å². The van der Waals surface area contributed by atoms with Crippen molar-refractivity contribution in [3.05, 3.63) is 65.2 Å². The number of likely N-dealkylation sites (tertiary alicyclic amines) is 1. The smallest absolute Gasteiger partial charge is 0.321 e. The largest absolute Gasteiger partial charge is 0.322 e. The van der Waals surface area contributed by atoms with E-state index in [0.717, 1.165) is 44.6 Å². The highest BCUT2D eigenvalue weighted by Crippen LogP contribution is 2.32. The topological polar surface area (TPSA) is 76.4 Å². The third-order valence-corrected chi connectivity index (χ3v) is 6.39. The second-order valence-corrected chi connectivity index (χ2v) is 8.98. The maximum Gasteiger partial charge on any atom is 0.322 e. The summed E-state index contributed by atoms with van der Waals surface area (Å²) in [5.74, 6) is 0.597. The zero-order valence-corrected chi connectivity index (χ0v) is 18.6. The van der Waals surface area contributed by atoms with Crippen LogP contribution in [0.1, 0.15) is 54.1 Å². The molecule has 2 amide bonds. The molecule has 4 rings (SSSR count). The van der Waals surface area contributed by atoms with Crippen LogP contribution in [0.2, 0.25) is 0 Å². The van der Waals surface area contributed by atoms with E-state index < -0.39 is 0 Å². The summed E-state index contributed by atoms with van der Waals surface area (Å²) in [4.78, 5) is 29.3. The molecular formula is C26H30N4O2.